The summed E-state index contributed by atoms with van der Waals surface area (Å²) in [6, 6.07) is 9.83. The minimum absolute atomic E-state index is 0.253. The normalized spacial score (nSPS) is 12.4. The van der Waals surface area contributed by atoms with Gasteiger partial charge in [-0.15, -0.1) is 0 Å². The average molecular weight is 341 g/mol. The molecule has 0 fully saturated rings. The van der Waals surface area contributed by atoms with Gasteiger partial charge in [0.2, 0.25) is 6.79 Å². The number of rotatable bonds is 6. The number of methoxy groups -OCH3 is 2. The lowest BCUT2D eigenvalue weighted by atomic mass is 9.94. The lowest BCUT2D eigenvalue weighted by Gasteiger charge is -2.18. The molecule has 0 atom stereocenters. The van der Waals surface area contributed by atoms with Crippen LogP contribution in [0.15, 0.2) is 36.9 Å². The van der Waals surface area contributed by atoms with E-state index in [1.807, 2.05) is 44.4 Å². The van der Waals surface area contributed by atoms with Crippen LogP contribution in [0.3, 0.4) is 0 Å². The molecule has 0 spiro atoms. The van der Waals surface area contributed by atoms with Gasteiger partial charge < -0.3 is 23.8 Å². The predicted molar refractivity (Wildman–Crippen MR) is 97.6 cm³/mol. The Balaban J connectivity index is 2.04. The molecular weight excluding hydrogens is 318 g/mol. The summed E-state index contributed by atoms with van der Waals surface area (Å²) in [6.45, 7) is 5.34. The Labute approximate surface area is 148 Å². The summed E-state index contributed by atoms with van der Waals surface area (Å²) >= 11 is 0. The fourth-order valence-electron chi connectivity index (χ4n) is 2.92. The third kappa shape index (κ3) is 3.42. The zero-order chi connectivity index (χ0) is 18.0. The molecule has 0 unspecified atom stereocenters. The van der Waals surface area contributed by atoms with E-state index < -0.39 is 0 Å². The number of nitrogens with zero attached hydrogens (tertiary/aromatic N) is 1. The second kappa shape index (κ2) is 7.07. The fourth-order valence-corrected chi connectivity index (χ4v) is 2.92. The Kier molecular flexibility index (Phi) is 4.86. The molecule has 1 aliphatic rings. The van der Waals surface area contributed by atoms with Crippen LogP contribution in [0.4, 0.5) is 0 Å². The number of fused-ring (bicyclic) bond motifs is 1. The van der Waals surface area contributed by atoms with Gasteiger partial charge in [-0.05, 0) is 60.6 Å². The standard InChI is InChI=1S/C20H23NO4/c1-13(14-6-7-17(22-4)18(8-14)23-5)16-10-20-19(24-12-25-20)9-15(16)11-21(2)3/h6-10H,1,11-12H2,2-5H3. The monoisotopic (exact) mass is 341 g/mol. The summed E-state index contributed by atoms with van der Waals surface area (Å²) in [5.41, 5.74) is 4.03. The molecular formula is C20H23NO4. The van der Waals surface area contributed by atoms with Gasteiger partial charge in [-0.3, -0.25) is 0 Å². The largest absolute Gasteiger partial charge is 0.493 e. The van der Waals surface area contributed by atoms with E-state index in [0.29, 0.717) is 11.5 Å². The van der Waals surface area contributed by atoms with Gasteiger partial charge >= 0.3 is 0 Å². The van der Waals surface area contributed by atoms with Crippen LogP contribution in [0.1, 0.15) is 16.7 Å². The van der Waals surface area contributed by atoms with Gasteiger partial charge in [0.25, 0.3) is 0 Å². The summed E-state index contributed by atoms with van der Waals surface area (Å²) in [4.78, 5) is 2.11. The van der Waals surface area contributed by atoms with Crippen molar-refractivity contribution in [1.82, 2.24) is 4.90 Å². The molecule has 0 aromatic heterocycles. The zero-order valence-electron chi connectivity index (χ0n) is 15.1. The lowest BCUT2D eigenvalue weighted by molar-refractivity contribution is 0.174. The van der Waals surface area contributed by atoms with Gasteiger partial charge in [0.1, 0.15) is 0 Å². The summed E-state index contributed by atoms with van der Waals surface area (Å²) in [5, 5.41) is 0. The first-order chi connectivity index (χ1) is 12.0. The van der Waals surface area contributed by atoms with Crippen LogP contribution in [0.5, 0.6) is 23.0 Å². The van der Waals surface area contributed by atoms with Gasteiger partial charge in [0.05, 0.1) is 14.2 Å². The van der Waals surface area contributed by atoms with Crippen molar-refractivity contribution in [1.29, 1.82) is 0 Å². The Morgan fingerprint density at radius 3 is 2.36 bits per heavy atom. The van der Waals surface area contributed by atoms with Crippen molar-refractivity contribution in [2.75, 3.05) is 35.1 Å². The fraction of sp³-hybridized carbons (Fsp3) is 0.300. The van der Waals surface area contributed by atoms with Gasteiger partial charge in [0, 0.05) is 6.54 Å². The molecule has 5 nitrogen and oxygen atoms in total. The number of hydrogen-bond donors (Lipinski definition) is 0. The second-order valence-corrected chi connectivity index (χ2v) is 6.15. The van der Waals surface area contributed by atoms with Crippen molar-refractivity contribution in [2.24, 2.45) is 0 Å². The molecule has 0 amide bonds. The van der Waals surface area contributed by atoms with Crippen LogP contribution in [0.25, 0.3) is 5.57 Å². The van der Waals surface area contributed by atoms with E-state index in [4.69, 9.17) is 18.9 Å². The number of benzene rings is 2. The van der Waals surface area contributed by atoms with Crippen LogP contribution in [0.2, 0.25) is 0 Å². The first kappa shape index (κ1) is 17.2. The smallest absolute Gasteiger partial charge is 0.231 e. The Morgan fingerprint density at radius 1 is 1.04 bits per heavy atom. The molecule has 2 aromatic carbocycles. The highest BCUT2D eigenvalue weighted by Gasteiger charge is 2.20. The lowest BCUT2D eigenvalue weighted by Crippen LogP contribution is -2.12. The first-order valence-corrected chi connectivity index (χ1v) is 8.02. The van der Waals surface area contributed by atoms with E-state index in [9.17, 15) is 0 Å². The summed E-state index contributed by atoms with van der Waals surface area (Å²) in [6.07, 6.45) is 0. The molecule has 132 valence electrons. The SMILES string of the molecule is C=C(c1ccc(OC)c(OC)c1)c1cc2c(cc1CN(C)C)OCO2. The van der Waals surface area contributed by atoms with Gasteiger partial charge in [0.15, 0.2) is 23.0 Å². The average Bonchev–Trinajstić information content (AvgIpc) is 3.06. The topological polar surface area (TPSA) is 40.2 Å². The number of hydrogen-bond acceptors (Lipinski definition) is 5. The molecule has 25 heavy (non-hydrogen) atoms. The molecule has 0 bridgehead atoms. The van der Waals surface area contributed by atoms with E-state index in [1.54, 1.807) is 14.2 Å². The zero-order valence-corrected chi connectivity index (χ0v) is 15.1. The van der Waals surface area contributed by atoms with E-state index in [-0.39, 0.29) is 6.79 Å². The molecule has 5 heteroatoms. The van der Waals surface area contributed by atoms with E-state index in [2.05, 4.69) is 11.5 Å². The molecule has 0 radical (unpaired) electrons. The molecule has 0 aliphatic carbocycles. The van der Waals surface area contributed by atoms with Crippen molar-refractivity contribution in [2.45, 2.75) is 6.54 Å². The quantitative estimate of drug-likeness (QED) is 0.803. The van der Waals surface area contributed by atoms with Crippen LogP contribution in [0, 0.1) is 0 Å². The summed E-state index contributed by atoms with van der Waals surface area (Å²) in [7, 11) is 7.32. The predicted octanol–water partition coefficient (Wildman–Crippen LogP) is 3.56. The van der Waals surface area contributed by atoms with Crippen molar-refractivity contribution in [3.05, 3.63) is 53.6 Å². The maximum atomic E-state index is 5.54. The van der Waals surface area contributed by atoms with Gasteiger partial charge in [-0.25, -0.2) is 0 Å². The molecule has 1 aliphatic heterocycles. The highest BCUT2D eigenvalue weighted by Crippen LogP contribution is 2.40. The van der Waals surface area contributed by atoms with Gasteiger partial charge in [-0.2, -0.15) is 0 Å². The third-order valence-electron chi connectivity index (χ3n) is 4.14. The number of ether oxygens (including phenoxy) is 4. The Morgan fingerprint density at radius 2 is 1.72 bits per heavy atom. The second-order valence-electron chi connectivity index (χ2n) is 6.15. The molecule has 2 aromatic rings. The van der Waals surface area contributed by atoms with E-state index in [1.165, 1.54) is 0 Å². The Hall–Kier alpha value is -2.66. The molecule has 0 N–H and O–H groups in total. The Bertz CT molecular complexity index is 799. The van der Waals surface area contributed by atoms with Crippen LogP contribution in [-0.4, -0.2) is 40.0 Å². The highest BCUT2D eigenvalue weighted by molar-refractivity contribution is 5.82. The minimum atomic E-state index is 0.253. The van der Waals surface area contributed by atoms with Crippen molar-refractivity contribution >= 4 is 5.57 Å². The molecule has 3 rings (SSSR count). The maximum Gasteiger partial charge on any atom is 0.231 e. The van der Waals surface area contributed by atoms with E-state index in [0.717, 1.165) is 40.3 Å². The molecule has 1 heterocycles. The molecule has 0 saturated heterocycles. The van der Waals surface area contributed by atoms with Crippen LogP contribution in [-0.2, 0) is 6.54 Å². The van der Waals surface area contributed by atoms with Crippen LogP contribution < -0.4 is 18.9 Å². The highest BCUT2D eigenvalue weighted by atomic mass is 16.7. The third-order valence-corrected chi connectivity index (χ3v) is 4.14. The minimum Gasteiger partial charge on any atom is -0.493 e. The van der Waals surface area contributed by atoms with Crippen molar-refractivity contribution < 1.29 is 18.9 Å². The summed E-state index contributed by atoms with van der Waals surface area (Å²) in [5.74, 6) is 2.90. The first-order valence-electron chi connectivity index (χ1n) is 8.02. The summed E-state index contributed by atoms with van der Waals surface area (Å²) < 4.78 is 21.8. The van der Waals surface area contributed by atoms with Crippen molar-refractivity contribution in [3.63, 3.8) is 0 Å². The van der Waals surface area contributed by atoms with E-state index >= 15 is 0 Å². The van der Waals surface area contributed by atoms with Gasteiger partial charge in [-0.1, -0.05) is 12.6 Å². The molecule has 0 saturated carbocycles. The maximum absolute atomic E-state index is 5.54. The van der Waals surface area contributed by atoms with Crippen LogP contribution >= 0.6 is 0 Å². The van der Waals surface area contributed by atoms with Crippen molar-refractivity contribution in [3.8, 4) is 23.0 Å².